The van der Waals surface area contributed by atoms with Crippen molar-refractivity contribution >= 4 is 17.7 Å². The van der Waals surface area contributed by atoms with Crippen molar-refractivity contribution in [3.8, 4) is 0 Å². The van der Waals surface area contributed by atoms with Crippen LogP contribution in [0.5, 0.6) is 0 Å². The third-order valence-electron chi connectivity index (χ3n) is 2.48. The maximum atomic E-state index is 11.3. The lowest BCUT2D eigenvalue weighted by atomic mass is 10.1. The lowest BCUT2D eigenvalue weighted by molar-refractivity contribution is -0.123. The number of hydrogen-bond acceptors (Lipinski definition) is 4. The van der Waals surface area contributed by atoms with Crippen LogP contribution in [0.3, 0.4) is 0 Å². The second-order valence-corrected chi connectivity index (χ2v) is 5.35. The monoisotopic (exact) mass is 232 g/mol. The summed E-state index contributed by atoms with van der Waals surface area (Å²) >= 11 is 1.66. The van der Waals surface area contributed by atoms with Crippen LogP contribution in [-0.2, 0) is 4.79 Å². The van der Waals surface area contributed by atoms with E-state index < -0.39 is 5.54 Å². The first-order chi connectivity index (χ1) is 7.08. The van der Waals surface area contributed by atoms with E-state index in [1.165, 1.54) is 0 Å². The Morgan fingerprint density at radius 1 is 1.67 bits per heavy atom. The maximum Gasteiger partial charge on any atom is 0.238 e. The Morgan fingerprint density at radius 2 is 2.33 bits per heavy atom. The highest BCUT2D eigenvalue weighted by molar-refractivity contribution is 7.99. The van der Waals surface area contributed by atoms with Crippen molar-refractivity contribution in [3.63, 3.8) is 0 Å². The van der Waals surface area contributed by atoms with Gasteiger partial charge in [0.25, 0.3) is 0 Å². The second-order valence-electron chi connectivity index (χ2n) is 4.24. The summed E-state index contributed by atoms with van der Waals surface area (Å²) in [5.74, 6) is 1.26. The number of thioether (sulfide) groups is 1. The zero-order chi connectivity index (χ0) is 11.3. The molecule has 4 nitrogen and oxygen atoms in total. The van der Waals surface area contributed by atoms with E-state index in [1.54, 1.807) is 11.8 Å². The Balaban J connectivity index is 2.31. The Kier molecular flexibility index (Phi) is 4.89. The number of amides is 1. The van der Waals surface area contributed by atoms with Crippen LogP contribution in [-0.4, -0.2) is 40.7 Å². The Morgan fingerprint density at radius 3 is 2.80 bits per heavy atom. The zero-order valence-electron chi connectivity index (χ0n) is 9.16. The molecule has 1 aliphatic rings. The fraction of sp³-hybridized carbons (Fsp3) is 0.900. The number of nitrogens with one attached hydrogen (secondary N) is 1. The van der Waals surface area contributed by atoms with E-state index >= 15 is 0 Å². The van der Waals surface area contributed by atoms with Crippen LogP contribution in [0, 0.1) is 0 Å². The summed E-state index contributed by atoms with van der Waals surface area (Å²) in [6.07, 6.45) is 3.05. The number of hydrogen-bond donors (Lipinski definition) is 3. The summed E-state index contributed by atoms with van der Waals surface area (Å²) in [6.45, 7) is 2.07. The van der Waals surface area contributed by atoms with Gasteiger partial charge in [-0.05, 0) is 31.9 Å². The van der Waals surface area contributed by atoms with E-state index in [1.807, 2.05) is 6.92 Å². The Labute approximate surface area is 95.0 Å². The minimum absolute atomic E-state index is 0.205. The maximum absolute atomic E-state index is 11.3. The first kappa shape index (κ1) is 12.8. The van der Waals surface area contributed by atoms with E-state index in [0.717, 1.165) is 25.0 Å². The number of aliphatic hydroxyl groups excluding tert-OH is 1. The molecule has 1 unspecified atom stereocenters. The van der Waals surface area contributed by atoms with Crippen LogP contribution in [0.4, 0.5) is 0 Å². The van der Waals surface area contributed by atoms with Gasteiger partial charge in [-0.25, -0.2) is 0 Å². The van der Waals surface area contributed by atoms with Crippen molar-refractivity contribution in [2.75, 3.05) is 18.1 Å². The van der Waals surface area contributed by atoms with E-state index in [2.05, 4.69) is 5.32 Å². The molecule has 0 bridgehead atoms. The molecule has 0 radical (unpaired) electrons. The third kappa shape index (κ3) is 4.40. The van der Waals surface area contributed by atoms with Crippen LogP contribution in [0.25, 0.3) is 0 Å². The van der Waals surface area contributed by atoms with E-state index in [-0.39, 0.29) is 12.5 Å². The highest BCUT2D eigenvalue weighted by Crippen LogP contribution is 2.24. The molecule has 0 aromatic carbocycles. The fourth-order valence-electron chi connectivity index (χ4n) is 1.31. The van der Waals surface area contributed by atoms with E-state index in [9.17, 15) is 4.79 Å². The zero-order valence-corrected chi connectivity index (χ0v) is 9.98. The number of carbonyl (C=O) groups excluding carboxylic acids is 1. The molecule has 1 amide bonds. The van der Waals surface area contributed by atoms with Gasteiger partial charge in [0.05, 0.1) is 0 Å². The molecule has 1 aliphatic carbocycles. The van der Waals surface area contributed by atoms with E-state index in [0.29, 0.717) is 11.8 Å². The SMILES string of the molecule is CC(CSCCCO)(NC1CC1)C(N)=O. The molecule has 0 aromatic heterocycles. The number of primary amides is 1. The van der Waals surface area contributed by atoms with Gasteiger partial charge in [0.2, 0.25) is 5.91 Å². The molecule has 0 saturated heterocycles. The number of nitrogens with two attached hydrogens (primary N) is 1. The smallest absolute Gasteiger partial charge is 0.238 e. The van der Waals surface area contributed by atoms with Gasteiger partial charge in [-0.3, -0.25) is 4.79 Å². The van der Waals surface area contributed by atoms with E-state index in [4.69, 9.17) is 10.8 Å². The predicted octanol–water partition coefficient (Wildman–Crippen LogP) is 0.0980. The summed E-state index contributed by atoms with van der Waals surface area (Å²) in [7, 11) is 0. The van der Waals surface area contributed by atoms with Crippen molar-refractivity contribution in [3.05, 3.63) is 0 Å². The molecule has 4 N–H and O–H groups in total. The van der Waals surface area contributed by atoms with Crippen molar-refractivity contribution in [2.45, 2.75) is 37.8 Å². The average Bonchev–Trinajstić information content (AvgIpc) is 2.96. The molecule has 15 heavy (non-hydrogen) atoms. The first-order valence-electron chi connectivity index (χ1n) is 5.35. The first-order valence-corrected chi connectivity index (χ1v) is 6.50. The molecule has 88 valence electrons. The summed E-state index contributed by atoms with van der Waals surface area (Å²) in [5.41, 5.74) is 4.80. The Bertz CT molecular complexity index is 221. The third-order valence-corrected chi connectivity index (χ3v) is 3.84. The number of aliphatic hydroxyl groups is 1. The highest BCUT2D eigenvalue weighted by atomic mass is 32.2. The van der Waals surface area contributed by atoms with Gasteiger partial charge in [0.1, 0.15) is 5.54 Å². The van der Waals surface area contributed by atoms with Gasteiger partial charge in [0, 0.05) is 18.4 Å². The lowest BCUT2D eigenvalue weighted by Crippen LogP contribution is -2.56. The van der Waals surface area contributed by atoms with Crippen LogP contribution < -0.4 is 11.1 Å². The highest BCUT2D eigenvalue weighted by Gasteiger charge is 2.36. The number of rotatable bonds is 8. The summed E-state index contributed by atoms with van der Waals surface area (Å²) < 4.78 is 0. The lowest BCUT2D eigenvalue weighted by Gasteiger charge is -2.27. The van der Waals surface area contributed by atoms with Crippen LogP contribution >= 0.6 is 11.8 Å². The topological polar surface area (TPSA) is 75.3 Å². The Hall–Kier alpha value is -0.260. The largest absolute Gasteiger partial charge is 0.396 e. The van der Waals surface area contributed by atoms with Gasteiger partial charge >= 0.3 is 0 Å². The van der Waals surface area contributed by atoms with Crippen molar-refractivity contribution < 1.29 is 9.90 Å². The van der Waals surface area contributed by atoms with Gasteiger partial charge in [-0.1, -0.05) is 0 Å². The predicted molar refractivity (Wildman–Crippen MR) is 62.8 cm³/mol. The minimum atomic E-state index is -0.596. The molecule has 1 fully saturated rings. The van der Waals surface area contributed by atoms with Crippen molar-refractivity contribution in [1.29, 1.82) is 0 Å². The molecular formula is C10H20N2O2S. The van der Waals surface area contributed by atoms with Crippen molar-refractivity contribution in [2.24, 2.45) is 5.73 Å². The van der Waals surface area contributed by atoms with Crippen LogP contribution in [0.2, 0.25) is 0 Å². The van der Waals surface area contributed by atoms with Gasteiger partial charge in [-0.15, -0.1) is 0 Å². The summed E-state index contributed by atoms with van der Waals surface area (Å²) in [5, 5.41) is 11.9. The molecular weight excluding hydrogens is 212 g/mol. The van der Waals surface area contributed by atoms with Crippen molar-refractivity contribution in [1.82, 2.24) is 5.32 Å². The average molecular weight is 232 g/mol. The summed E-state index contributed by atoms with van der Waals surface area (Å²) in [4.78, 5) is 11.3. The standard InChI is InChI=1S/C10H20N2O2S/c1-10(9(11)14,12-8-3-4-8)7-15-6-2-5-13/h8,12-13H,2-7H2,1H3,(H2,11,14). The summed E-state index contributed by atoms with van der Waals surface area (Å²) in [6, 6.07) is 0.473. The number of carbonyl (C=O) groups is 1. The molecule has 1 rings (SSSR count). The molecule has 0 aromatic rings. The quantitative estimate of drug-likeness (QED) is 0.519. The fourth-order valence-corrected chi connectivity index (χ4v) is 2.42. The molecule has 1 atom stereocenters. The second kappa shape index (κ2) is 5.72. The normalized spacial score (nSPS) is 19.9. The molecule has 1 saturated carbocycles. The van der Waals surface area contributed by atoms with Gasteiger partial charge in [0.15, 0.2) is 0 Å². The van der Waals surface area contributed by atoms with Gasteiger partial charge < -0.3 is 16.2 Å². The van der Waals surface area contributed by atoms with Gasteiger partial charge in [-0.2, -0.15) is 11.8 Å². The van der Waals surface area contributed by atoms with Crippen LogP contribution in [0.15, 0.2) is 0 Å². The molecule has 0 spiro atoms. The van der Waals surface area contributed by atoms with Crippen LogP contribution in [0.1, 0.15) is 26.2 Å². The molecule has 0 heterocycles. The molecule has 5 heteroatoms. The minimum Gasteiger partial charge on any atom is -0.396 e. The molecule has 0 aliphatic heterocycles.